The lowest BCUT2D eigenvalue weighted by Gasteiger charge is -2.05. The molecule has 2 heterocycles. The molecule has 2 aromatic heterocycles. The van der Waals surface area contributed by atoms with E-state index in [2.05, 4.69) is 25.3 Å². The zero-order valence-corrected chi connectivity index (χ0v) is 10.3. The Balaban J connectivity index is 2.08. The van der Waals surface area contributed by atoms with Gasteiger partial charge in [-0.25, -0.2) is 4.98 Å². The van der Waals surface area contributed by atoms with E-state index in [9.17, 15) is 0 Å². The van der Waals surface area contributed by atoms with Crippen molar-refractivity contribution in [3.8, 4) is 12.0 Å². The Bertz CT molecular complexity index is 506. The van der Waals surface area contributed by atoms with Gasteiger partial charge >= 0.3 is 12.0 Å². The van der Waals surface area contributed by atoms with Crippen LogP contribution in [-0.4, -0.2) is 34.2 Å². The van der Waals surface area contributed by atoms with Gasteiger partial charge in [-0.15, -0.1) is 4.98 Å². The van der Waals surface area contributed by atoms with E-state index < -0.39 is 0 Å². The fourth-order valence-corrected chi connectivity index (χ4v) is 1.24. The molecular weight excluding hydrogens is 238 g/mol. The highest BCUT2D eigenvalue weighted by Gasteiger charge is 2.08. The molecule has 0 atom stereocenters. The predicted molar refractivity (Wildman–Crippen MR) is 61.5 cm³/mol. The van der Waals surface area contributed by atoms with E-state index in [4.69, 9.17) is 13.9 Å². The fourth-order valence-electron chi connectivity index (χ4n) is 1.24. The minimum Gasteiger partial charge on any atom is -0.467 e. The van der Waals surface area contributed by atoms with Gasteiger partial charge < -0.3 is 19.2 Å². The molecule has 8 heteroatoms. The Hall–Kier alpha value is -2.38. The summed E-state index contributed by atoms with van der Waals surface area (Å²) >= 11 is 0. The van der Waals surface area contributed by atoms with Crippen LogP contribution in [0.15, 0.2) is 10.6 Å². The first-order valence-electron chi connectivity index (χ1n) is 5.20. The van der Waals surface area contributed by atoms with E-state index in [-0.39, 0.29) is 12.0 Å². The van der Waals surface area contributed by atoms with Crippen LogP contribution in [0.1, 0.15) is 11.7 Å². The highest BCUT2D eigenvalue weighted by molar-refractivity contribution is 5.27. The van der Waals surface area contributed by atoms with E-state index in [0.29, 0.717) is 18.4 Å². The molecule has 96 valence electrons. The van der Waals surface area contributed by atoms with Gasteiger partial charge in [0.1, 0.15) is 5.76 Å². The van der Waals surface area contributed by atoms with E-state index in [1.54, 1.807) is 6.20 Å². The Kier molecular flexibility index (Phi) is 3.56. The lowest BCUT2D eigenvalue weighted by molar-refractivity contribution is 0.341. The molecule has 0 aromatic carbocycles. The minimum absolute atomic E-state index is 0.174. The SMILES string of the molecule is COc1nc(NCc2ncc(C)o2)nc(OC)n1. The first-order chi connectivity index (χ1) is 8.71. The van der Waals surface area contributed by atoms with Gasteiger partial charge in [0, 0.05) is 0 Å². The Morgan fingerprint density at radius 1 is 1.17 bits per heavy atom. The molecule has 0 saturated carbocycles. The number of aromatic nitrogens is 4. The van der Waals surface area contributed by atoms with Gasteiger partial charge in [-0.2, -0.15) is 9.97 Å². The topological polar surface area (TPSA) is 95.2 Å². The molecule has 8 nitrogen and oxygen atoms in total. The summed E-state index contributed by atoms with van der Waals surface area (Å²) in [6, 6.07) is 0.348. The third-order valence-electron chi connectivity index (χ3n) is 2.03. The molecular formula is C10H13N5O3. The van der Waals surface area contributed by atoms with Crippen LogP contribution in [0.4, 0.5) is 5.95 Å². The third-order valence-corrected chi connectivity index (χ3v) is 2.03. The summed E-state index contributed by atoms with van der Waals surface area (Å²) in [7, 11) is 2.94. The summed E-state index contributed by atoms with van der Waals surface area (Å²) in [6.07, 6.45) is 1.64. The van der Waals surface area contributed by atoms with Crippen molar-refractivity contribution in [3.05, 3.63) is 17.8 Å². The minimum atomic E-state index is 0.174. The summed E-state index contributed by atoms with van der Waals surface area (Å²) in [6.45, 7) is 2.19. The molecule has 2 rings (SSSR count). The van der Waals surface area contributed by atoms with Crippen LogP contribution in [0.3, 0.4) is 0 Å². The number of methoxy groups -OCH3 is 2. The summed E-state index contributed by atoms with van der Waals surface area (Å²) in [5, 5.41) is 2.95. The van der Waals surface area contributed by atoms with Gasteiger partial charge in [-0.05, 0) is 6.92 Å². The van der Waals surface area contributed by atoms with Crippen molar-refractivity contribution < 1.29 is 13.9 Å². The van der Waals surface area contributed by atoms with Gasteiger partial charge in [-0.1, -0.05) is 0 Å². The van der Waals surface area contributed by atoms with Gasteiger partial charge in [0.2, 0.25) is 11.8 Å². The van der Waals surface area contributed by atoms with Crippen LogP contribution < -0.4 is 14.8 Å². The number of nitrogens with one attached hydrogen (secondary N) is 1. The second-order valence-corrected chi connectivity index (χ2v) is 3.35. The lowest BCUT2D eigenvalue weighted by Crippen LogP contribution is -2.07. The zero-order chi connectivity index (χ0) is 13.0. The third kappa shape index (κ3) is 2.84. The fraction of sp³-hybridized carbons (Fsp3) is 0.400. The quantitative estimate of drug-likeness (QED) is 0.833. The van der Waals surface area contributed by atoms with Crippen molar-refractivity contribution in [2.75, 3.05) is 19.5 Å². The molecule has 0 radical (unpaired) electrons. The second-order valence-electron chi connectivity index (χ2n) is 3.35. The molecule has 0 aliphatic heterocycles. The van der Waals surface area contributed by atoms with Gasteiger partial charge in [-0.3, -0.25) is 0 Å². The van der Waals surface area contributed by atoms with E-state index in [1.807, 2.05) is 6.92 Å². The van der Waals surface area contributed by atoms with Crippen LogP contribution in [0.2, 0.25) is 0 Å². The Morgan fingerprint density at radius 2 is 1.83 bits per heavy atom. The van der Waals surface area contributed by atoms with Crippen molar-refractivity contribution in [1.82, 2.24) is 19.9 Å². The number of oxazole rings is 1. The Morgan fingerprint density at radius 3 is 2.33 bits per heavy atom. The maximum atomic E-state index is 5.31. The molecule has 0 aliphatic rings. The molecule has 0 saturated heterocycles. The average Bonchev–Trinajstić information content (AvgIpc) is 2.81. The highest BCUT2D eigenvalue weighted by atomic mass is 16.5. The van der Waals surface area contributed by atoms with Crippen molar-refractivity contribution in [1.29, 1.82) is 0 Å². The predicted octanol–water partition coefficient (Wildman–Crippen LogP) is 0.797. The number of nitrogens with zero attached hydrogens (tertiary/aromatic N) is 4. The molecule has 2 aromatic rings. The van der Waals surface area contributed by atoms with E-state index >= 15 is 0 Å². The van der Waals surface area contributed by atoms with Crippen LogP contribution in [0, 0.1) is 6.92 Å². The number of aryl methyl sites for hydroxylation is 1. The van der Waals surface area contributed by atoms with Crippen LogP contribution >= 0.6 is 0 Å². The van der Waals surface area contributed by atoms with Gasteiger partial charge in [0.25, 0.3) is 0 Å². The Labute approximate surface area is 103 Å². The van der Waals surface area contributed by atoms with Crippen molar-refractivity contribution >= 4 is 5.95 Å². The van der Waals surface area contributed by atoms with Gasteiger partial charge in [0.15, 0.2) is 0 Å². The monoisotopic (exact) mass is 251 g/mol. The van der Waals surface area contributed by atoms with Crippen molar-refractivity contribution in [2.45, 2.75) is 13.5 Å². The highest BCUT2D eigenvalue weighted by Crippen LogP contribution is 2.12. The standard InChI is InChI=1S/C10H13N5O3/c1-6-4-11-7(18-6)5-12-8-13-9(16-2)15-10(14-8)17-3/h4H,5H2,1-3H3,(H,12,13,14,15). The summed E-state index contributed by atoms with van der Waals surface area (Å²) in [5.41, 5.74) is 0. The van der Waals surface area contributed by atoms with Crippen LogP contribution in [0.5, 0.6) is 12.0 Å². The molecule has 0 bridgehead atoms. The average molecular weight is 251 g/mol. The smallest absolute Gasteiger partial charge is 0.324 e. The summed E-state index contributed by atoms with van der Waals surface area (Å²) < 4.78 is 15.2. The molecule has 0 aliphatic carbocycles. The number of rotatable bonds is 5. The lowest BCUT2D eigenvalue weighted by atomic mass is 10.6. The molecule has 18 heavy (non-hydrogen) atoms. The maximum Gasteiger partial charge on any atom is 0.324 e. The summed E-state index contributed by atoms with van der Waals surface area (Å²) in [4.78, 5) is 16.0. The number of hydrogen-bond donors (Lipinski definition) is 1. The molecule has 0 amide bonds. The largest absolute Gasteiger partial charge is 0.467 e. The zero-order valence-electron chi connectivity index (χ0n) is 10.3. The maximum absolute atomic E-state index is 5.31. The number of anilines is 1. The van der Waals surface area contributed by atoms with Crippen LogP contribution in [0.25, 0.3) is 0 Å². The van der Waals surface area contributed by atoms with Gasteiger partial charge in [0.05, 0.1) is 27.0 Å². The summed E-state index contributed by atoms with van der Waals surface area (Å²) in [5.74, 6) is 1.62. The normalized spacial score (nSPS) is 10.2. The molecule has 0 spiro atoms. The van der Waals surface area contributed by atoms with Crippen molar-refractivity contribution in [3.63, 3.8) is 0 Å². The first-order valence-corrected chi connectivity index (χ1v) is 5.20. The van der Waals surface area contributed by atoms with Crippen molar-refractivity contribution in [2.24, 2.45) is 0 Å². The molecule has 0 unspecified atom stereocenters. The number of ether oxygens (including phenoxy) is 2. The second kappa shape index (κ2) is 5.30. The number of hydrogen-bond acceptors (Lipinski definition) is 8. The van der Waals surface area contributed by atoms with E-state index in [1.165, 1.54) is 14.2 Å². The molecule has 1 N–H and O–H groups in total. The van der Waals surface area contributed by atoms with E-state index in [0.717, 1.165) is 5.76 Å². The first kappa shape index (κ1) is 12.1. The molecule has 0 fully saturated rings. The van der Waals surface area contributed by atoms with Crippen LogP contribution in [-0.2, 0) is 6.54 Å².